The molecule has 8 nitrogen and oxygen atoms in total. The van der Waals surface area contributed by atoms with E-state index in [0.29, 0.717) is 23.4 Å². The van der Waals surface area contributed by atoms with Gasteiger partial charge in [0.1, 0.15) is 11.5 Å². The van der Waals surface area contributed by atoms with Gasteiger partial charge in [0.15, 0.2) is 5.78 Å². The van der Waals surface area contributed by atoms with Crippen molar-refractivity contribution in [3.8, 4) is 0 Å². The van der Waals surface area contributed by atoms with Crippen molar-refractivity contribution in [1.82, 2.24) is 10.6 Å². The fourth-order valence-corrected chi connectivity index (χ4v) is 4.42. The van der Waals surface area contributed by atoms with Crippen molar-refractivity contribution in [3.63, 3.8) is 0 Å². The molecule has 2 heterocycles. The SMILES string of the molecule is CCOC(=O)C1=CC23C(=CCN1)C=CC=C2NCC3C(=O)c1c(F)ccc([N+](=O)[O-])c1F. The van der Waals surface area contributed by atoms with E-state index in [-0.39, 0.29) is 25.4 Å². The van der Waals surface area contributed by atoms with E-state index in [4.69, 9.17) is 4.74 Å². The van der Waals surface area contributed by atoms with Crippen molar-refractivity contribution in [2.75, 3.05) is 19.7 Å². The van der Waals surface area contributed by atoms with Gasteiger partial charge in [-0.25, -0.2) is 9.18 Å². The number of Topliss-reactive ketones (excluding diaryl/α,β-unsaturated/α-hetero) is 1. The highest BCUT2D eigenvalue weighted by Crippen LogP contribution is 2.51. The zero-order chi connectivity index (χ0) is 23.0. The van der Waals surface area contributed by atoms with Gasteiger partial charge in [-0.1, -0.05) is 18.2 Å². The molecule has 1 aromatic rings. The van der Waals surface area contributed by atoms with E-state index in [1.165, 1.54) is 6.08 Å². The molecule has 0 radical (unpaired) electrons. The number of benzene rings is 1. The first kappa shape index (κ1) is 21.4. The molecule has 2 unspecified atom stereocenters. The normalized spacial score (nSPS) is 23.3. The summed E-state index contributed by atoms with van der Waals surface area (Å²) >= 11 is 0. The molecule has 1 aromatic carbocycles. The van der Waals surface area contributed by atoms with Crippen LogP contribution in [0.5, 0.6) is 0 Å². The molecule has 166 valence electrons. The predicted octanol–water partition coefficient (Wildman–Crippen LogP) is 2.69. The van der Waals surface area contributed by atoms with E-state index in [9.17, 15) is 28.5 Å². The maximum Gasteiger partial charge on any atom is 0.354 e. The second-order valence-corrected chi connectivity index (χ2v) is 7.44. The van der Waals surface area contributed by atoms with Crippen molar-refractivity contribution in [3.05, 3.63) is 86.8 Å². The first-order valence-electron chi connectivity index (χ1n) is 9.95. The number of hydrogen-bond acceptors (Lipinski definition) is 7. The number of nitrogens with zero attached hydrogens (tertiary/aromatic N) is 1. The van der Waals surface area contributed by atoms with Crippen LogP contribution in [0, 0.1) is 33.1 Å². The van der Waals surface area contributed by atoms with Crippen LogP contribution in [0.4, 0.5) is 14.5 Å². The number of rotatable bonds is 5. The fraction of sp³-hybridized carbons (Fsp3) is 0.273. The van der Waals surface area contributed by atoms with Gasteiger partial charge in [0.2, 0.25) is 5.82 Å². The highest BCUT2D eigenvalue weighted by Gasteiger charge is 2.53. The highest BCUT2D eigenvalue weighted by atomic mass is 19.1. The average molecular weight is 443 g/mol. The second kappa shape index (κ2) is 8.03. The summed E-state index contributed by atoms with van der Waals surface area (Å²) < 4.78 is 34.5. The van der Waals surface area contributed by atoms with Gasteiger partial charge >= 0.3 is 11.7 Å². The number of nitrogens with one attached hydrogen (secondary N) is 2. The molecule has 0 aromatic heterocycles. The van der Waals surface area contributed by atoms with Crippen LogP contribution in [0.15, 0.2) is 59.5 Å². The Morgan fingerprint density at radius 3 is 2.81 bits per heavy atom. The van der Waals surface area contributed by atoms with Crippen LogP contribution in [0.25, 0.3) is 0 Å². The van der Waals surface area contributed by atoms with E-state index in [0.717, 1.165) is 0 Å². The molecule has 2 N–H and O–H groups in total. The lowest BCUT2D eigenvalue weighted by Crippen LogP contribution is -2.36. The lowest BCUT2D eigenvalue weighted by atomic mass is 9.65. The number of carbonyl (C=O) groups is 2. The van der Waals surface area contributed by atoms with Crippen LogP contribution in [0.1, 0.15) is 17.3 Å². The van der Waals surface area contributed by atoms with Gasteiger partial charge in [-0.05, 0) is 30.7 Å². The zero-order valence-corrected chi connectivity index (χ0v) is 17.0. The first-order chi connectivity index (χ1) is 15.3. The smallest absolute Gasteiger partial charge is 0.354 e. The van der Waals surface area contributed by atoms with E-state index >= 15 is 0 Å². The average Bonchev–Trinajstić information content (AvgIpc) is 3.00. The second-order valence-electron chi connectivity index (χ2n) is 7.44. The Hall–Kier alpha value is -3.82. The number of ketones is 1. The van der Waals surface area contributed by atoms with E-state index in [1.807, 2.05) is 0 Å². The molecule has 1 spiro atoms. The van der Waals surface area contributed by atoms with Crippen LogP contribution in [-0.4, -0.2) is 36.4 Å². The lowest BCUT2D eigenvalue weighted by Gasteiger charge is -2.35. The van der Waals surface area contributed by atoms with E-state index in [2.05, 4.69) is 10.6 Å². The van der Waals surface area contributed by atoms with E-state index < -0.39 is 50.9 Å². The minimum atomic E-state index is -1.52. The third kappa shape index (κ3) is 3.19. The third-order valence-corrected chi connectivity index (χ3v) is 5.82. The van der Waals surface area contributed by atoms with Crippen molar-refractivity contribution in [1.29, 1.82) is 0 Å². The molecule has 10 heteroatoms. The summed E-state index contributed by atoms with van der Waals surface area (Å²) in [6.45, 7) is 2.07. The van der Waals surface area contributed by atoms with Crippen molar-refractivity contribution < 1.29 is 28.0 Å². The summed E-state index contributed by atoms with van der Waals surface area (Å²) in [6, 6.07) is 1.39. The van der Waals surface area contributed by atoms with Gasteiger partial charge in [-0.2, -0.15) is 4.39 Å². The molecule has 1 saturated heterocycles. The number of halogens is 2. The van der Waals surface area contributed by atoms with Crippen LogP contribution in [0.3, 0.4) is 0 Å². The topological polar surface area (TPSA) is 111 Å². The molecule has 1 aliphatic carbocycles. The predicted molar refractivity (Wildman–Crippen MR) is 109 cm³/mol. The highest BCUT2D eigenvalue weighted by molar-refractivity contribution is 6.01. The molecule has 4 rings (SSSR count). The Morgan fingerprint density at radius 1 is 1.31 bits per heavy atom. The first-order valence-corrected chi connectivity index (χ1v) is 9.95. The Morgan fingerprint density at radius 2 is 2.09 bits per heavy atom. The number of carbonyl (C=O) groups excluding carboxylic acids is 2. The van der Waals surface area contributed by atoms with Crippen LogP contribution in [0.2, 0.25) is 0 Å². The van der Waals surface area contributed by atoms with Crippen LogP contribution < -0.4 is 10.6 Å². The van der Waals surface area contributed by atoms with Gasteiger partial charge in [0, 0.05) is 24.9 Å². The van der Waals surface area contributed by atoms with Gasteiger partial charge in [-0.15, -0.1) is 0 Å². The molecule has 3 aliphatic rings. The summed E-state index contributed by atoms with van der Waals surface area (Å²) in [5, 5.41) is 17.2. The zero-order valence-electron chi connectivity index (χ0n) is 17.0. The Balaban J connectivity index is 1.88. The molecule has 0 bridgehead atoms. The number of nitro groups is 1. The van der Waals surface area contributed by atoms with Gasteiger partial charge in [0.05, 0.1) is 28.4 Å². The number of esters is 1. The summed E-state index contributed by atoms with van der Waals surface area (Å²) in [7, 11) is 0. The minimum Gasteiger partial charge on any atom is -0.461 e. The Bertz CT molecular complexity index is 1150. The van der Waals surface area contributed by atoms with Crippen molar-refractivity contribution in [2.45, 2.75) is 6.92 Å². The quantitative estimate of drug-likeness (QED) is 0.312. The summed E-state index contributed by atoms with van der Waals surface area (Å²) in [5.41, 5.74) is -1.85. The summed E-state index contributed by atoms with van der Waals surface area (Å²) in [4.78, 5) is 36.1. The minimum absolute atomic E-state index is 0.0118. The maximum atomic E-state index is 14.9. The van der Waals surface area contributed by atoms with Gasteiger partial charge in [-0.3, -0.25) is 14.9 Å². The number of hydrogen-bond donors (Lipinski definition) is 2. The van der Waals surface area contributed by atoms with Crippen molar-refractivity contribution in [2.24, 2.45) is 11.3 Å². The molecule has 2 atom stereocenters. The third-order valence-electron chi connectivity index (χ3n) is 5.82. The molecule has 1 fully saturated rings. The molecule has 32 heavy (non-hydrogen) atoms. The Labute approximate surface area is 181 Å². The van der Waals surface area contributed by atoms with Gasteiger partial charge in [0.25, 0.3) is 0 Å². The van der Waals surface area contributed by atoms with Crippen LogP contribution in [-0.2, 0) is 9.53 Å². The Kier molecular flexibility index (Phi) is 5.37. The van der Waals surface area contributed by atoms with Crippen LogP contribution >= 0.6 is 0 Å². The summed E-state index contributed by atoms with van der Waals surface area (Å²) in [6.07, 6.45) is 8.55. The number of nitro benzene ring substituents is 1. The molecule has 2 aliphatic heterocycles. The molecular weight excluding hydrogens is 424 g/mol. The number of allylic oxidation sites excluding steroid dienone is 4. The number of ether oxygens (including phenoxy) is 1. The largest absolute Gasteiger partial charge is 0.461 e. The molecular formula is C22H19F2N3O5. The molecule has 0 amide bonds. The van der Waals surface area contributed by atoms with E-state index in [1.54, 1.807) is 31.2 Å². The monoisotopic (exact) mass is 443 g/mol. The standard InChI is InChI=1S/C22H19F2N3O5/c1-2-32-21(29)15-10-22-12(8-9-25-15)4-3-5-17(22)26-11-13(22)20(28)18-14(23)6-7-16(19(18)24)27(30)31/h3-8,10,13,25-26H,2,9,11H2,1H3. The molecule has 0 saturated carbocycles. The fourth-order valence-electron chi connectivity index (χ4n) is 4.42. The summed E-state index contributed by atoms with van der Waals surface area (Å²) in [5.74, 6) is -5.35. The maximum absolute atomic E-state index is 14.9. The van der Waals surface area contributed by atoms with Crippen molar-refractivity contribution >= 4 is 17.4 Å². The lowest BCUT2D eigenvalue weighted by molar-refractivity contribution is -0.387. The van der Waals surface area contributed by atoms with Gasteiger partial charge < -0.3 is 15.4 Å².